The maximum absolute atomic E-state index is 11.1. The SMILES string of the molecule is Cc1nc(-c2onc(C)c2NC(=O)O)ccc1N=C(c1ccccc1)c1ccccc1. The van der Waals surface area contributed by atoms with Crippen molar-refractivity contribution in [3.8, 4) is 11.5 Å². The van der Waals surface area contributed by atoms with Crippen LogP contribution in [0.15, 0.2) is 82.3 Å². The van der Waals surface area contributed by atoms with E-state index < -0.39 is 6.09 Å². The summed E-state index contributed by atoms with van der Waals surface area (Å²) in [5, 5.41) is 15.3. The van der Waals surface area contributed by atoms with Crippen LogP contribution in [0.25, 0.3) is 11.5 Å². The number of pyridine rings is 1. The normalized spacial score (nSPS) is 10.5. The second-order valence-electron chi connectivity index (χ2n) is 6.90. The number of nitrogens with zero attached hydrogens (tertiary/aromatic N) is 3. The summed E-state index contributed by atoms with van der Waals surface area (Å²) in [6.45, 7) is 3.51. The molecule has 7 heteroatoms. The minimum Gasteiger partial charge on any atom is -0.465 e. The van der Waals surface area contributed by atoms with Gasteiger partial charge in [-0.2, -0.15) is 0 Å². The van der Waals surface area contributed by atoms with E-state index in [1.165, 1.54) is 0 Å². The second kappa shape index (κ2) is 8.62. The number of benzene rings is 2. The van der Waals surface area contributed by atoms with Crippen LogP contribution in [0, 0.1) is 13.8 Å². The van der Waals surface area contributed by atoms with Gasteiger partial charge in [-0.1, -0.05) is 65.8 Å². The van der Waals surface area contributed by atoms with E-state index in [2.05, 4.69) is 15.5 Å². The van der Waals surface area contributed by atoms with E-state index in [9.17, 15) is 4.79 Å². The van der Waals surface area contributed by atoms with Crippen LogP contribution in [0.5, 0.6) is 0 Å². The van der Waals surface area contributed by atoms with Crippen LogP contribution in [0.2, 0.25) is 0 Å². The van der Waals surface area contributed by atoms with Gasteiger partial charge in [0.15, 0.2) is 0 Å². The standard InChI is InChI=1S/C24H20N4O3/c1-15-19(13-14-20(25-15)23-21(27-24(29)30)16(2)28-31-23)26-22(17-9-5-3-6-10-17)18-11-7-4-8-12-18/h3-14,27H,1-2H3,(H,29,30). The monoisotopic (exact) mass is 412 g/mol. The quantitative estimate of drug-likeness (QED) is 0.415. The number of amides is 1. The lowest BCUT2D eigenvalue weighted by Crippen LogP contribution is -2.08. The fourth-order valence-electron chi connectivity index (χ4n) is 3.21. The maximum Gasteiger partial charge on any atom is 0.409 e. The summed E-state index contributed by atoms with van der Waals surface area (Å²) >= 11 is 0. The Hall–Kier alpha value is -4.26. The fourth-order valence-corrected chi connectivity index (χ4v) is 3.21. The van der Waals surface area contributed by atoms with Gasteiger partial charge in [0.05, 0.1) is 17.1 Å². The molecule has 2 heterocycles. The third-order valence-electron chi connectivity index (χ3n) is 4.71. The molecule has 2 N–H and O–H groups in total. The summed E-state index contributed by atoms with van der Waals surface area (Å²) in [5.41, 5.74) is 5.41. The molecule has 1 amide bonds. The van der Waals surface area contributed by atoms with Crippen molar-refractivity contribution >= 4 is 23.2 Å². The third-order valence-corrected chi connectivity index (χ3v) is 4.71. The summed E-state index contributed by atoms with van der Waals surface area (Å²) < 4.78 is 5.32. The Bertz CT molecular complexity index is 1210. The van der Waals surface area contributed by atoms with E-state index in [0.29, 0.717) is 22.8 Å². The Morgan fingerprint density at radius 3 is 2.06 bits per heavy atom. The molecule has 0 fully saturated rings. The topological polar surface area (TPSA) is 101 Å². The molecule has 154 valence electrons. The fraction of sp³-hybridized carbons (Fsp3) is 0.0833. The Morgan fingerprint density at radius 2 is 1.52 bits per heavy atom. The predicted molar refractivity (Wildman–Crippen MR) is 119 cm³/mol. The lowest BCUT2D eigenvalue weighted by Gasteiger charge is -2.09. The average Bonchev–Trinajstić information content (AvgIpc) is 3.13. The minimum atomic E-state index is -1.19. The molecule has 4 rings (SSSR count). The summed E-state index contributed by atoms with van der Waals surface area (Å²) in [6, 6.07) is 23.5. The van der Waals surface area contributed by atoms with E-state index in [1.54, 1.807) is 13.0 Å². The Kier molecular flexibility index (Phi) is 5.57. The van der Waals surface area contributed by atoms with E-state index in [0.717, 1.165) is 16.8 Å². The molecule has 2 aromatic heterocycles. The molecule has 0 bridgehead atoms. The molecule has 31 heavy (non-hydrogen) atoms. The minimum absolute atomic E-state index is 0.268. The van der Waals surface area contributed by atoms with E-state index in [4.69, 9.17) is 14.6 Å². The summed E-state index contributed by atoms with van der Waals surface area (Å²) in [5.74, 6) is 0.268. The highest BCUT2D eigenvalue weighted by Crippen LogP contribution is 2.32. The number of rotatable bonds is 5. The van der Waals surface area contributed by atoms with Crippen molar-refractivity contribution in [3.05, 3.63) is 95.3 Å². The number of anilines is 1. The molecule has 7 nitrogen and oxygen atoms in total. The van der Waals surface area contributed by atoms with Crippen LogP contribution >= 0.6 is 0 Å². The van der Waals surface area contributed by atoms with Gasteiger partial charge < -0.3 is 9.63 Å². The molecular formula is C24H20N4O3. The molecule has 0 unspecified atom stereocenters. The zero-order valence-electron chi connectivity index (χ0n) is 17.0. The summed E-state index contributed by atoms with van der Waals surface area (Å²) in [6.07, 6.45) is -1.19. The predicted octanol–water partition coefficient (Wildman–Crippen LogP) is 5.61. The van der Waals surface area contributed by atoms with Crippen LogP contribution in [0.4, 0.5) is 16.2 Å². The number of aliphatic imine (C=N–C) groups is 1. The first-order valence-corrected chi connectivity index (χ1v) is 9.66. The van der Waals surface area contributed by atoms with Crippen LogP contribution in [-0.2, 0) is 0 Å². The van der Waals surface area contributed by atoms with Gasteiger partial charge >= 0.3 is 6.09 Å². The summed E-state index contributed by atoms with van der Waals surface area (Å²) in [7, 11) is 0. The first-order chi connectivity index (χ1) is 15.0. The lowest BCUT2D eigenvalue weighted by atomic mass is 10.0. The van der Waals surface area contributed by atoms with Crippen molar-refractivity contribution < 1.29 is 14.4 Å². The van der Waals surface area contributed by atoms with Crippen LogP contribution < -0.4 is 5.32 Å². The van der Waals surface area contributed by atoms with Crippen molar-refractivity contribution in [2.45, 2.75) is 13.8 Å². The van der Waals surface area contributed by atoms with Crippen LogP contribution in [-0.4, -0.2) is 27.1 Å². The molecule has 0 atom stereocenters. The maximum atomic E-state index is 11.1. The number of nitrogens with one attached hydrogen (secondary N) is 1. The highest BCUT2D eigenvalue weighted by Gasteiger charge is 2.19. The van der Waals surface area contributed by atoms with Crippen molar-refractivity contribution in [2.24, 2.45) is 4.99 Å². The molecular weight excluding hydrogens is 392 g/mol. The molecule has 0 aliphatic heterocycles. The Balaban J connectivity index is 1.77. The number of aromatic nitrogens is 2. The number of hydrogen-bond acceptors (Lipinski definition) is 5. The van der Waals surface area contributed by atoms with E-state index >= 15 is 0 Å². The molecule has 0 aliphatic carbocycles. The van der Waals surface area contributed by atoms with Crippen LogP contribution in [0.1, 0.15) is 22.5 Å². The Labute approximate surface area is 179 Å². The van der Waals surface area contributed by atoms with Gasteiger partial charge in [-0.15, -0.1) is 0 Å². The highest BCUT2D eigenvalue weighted by molar-refractivity contribution is 6.14. The Morgan fingerprint density at radius 1 is 0.903 bits per heavy atom. The second-order valence-corrected chi connectivity index (χ2v) is 6.90. The van der Waals surface area contributed by atoms with E-state index in [-0.39, 0.29) is 11.4 Å². The van der Waals surface area contributed by atoms with Crippen LogP contribution in [0.3, 0.4) is 0 Å². The van der Waals surface area contributed by atoms with Gasteiger partial charge in [-0.3, -0.25) is 5.32 Å². The highest BCUT2D eigenvalue weighted by atomic mass is 16.5. The molecule has 0 spiro atoms. The van der Waals surface area contributed by atoms with Gasteiger partial charge in [0.25, 0.3) is 0 Å². The molecule has 4 aromatic rings. The first kappa shape index (κ1) is 20.0. The molecule has 0 saturated heterocycles. The first-order valence-electron chi connectivity index (χ1n) is 9.66. The number of aryl methyl sites for hydroxylation is 2. The average molecular weight is 412 g/mol. The van der Waals surface area contributed by atoms with E-state index in [1.807, 2.05) is 73.7 Å². The van der Waals surface area contributed by atoms with Crippen molar-refractivity contribution in [3.63, 3.8) is 0 Å². The molecule has 0 saturated carbocycles. The van der Waals surface area contributed by atoms with Gasteiger partial charge in [0.1, 0.15) is 17.1 Å². The van der Waals surface area contributed by atoms with Gasteiger partial charge in [-0.25, -0.2) is 14.8 Å². The summed E-state index contributed by atoms with van der Waals surface area (Å²) in [4.78, 5) is 20.6. The number of carbonyl (C=O) groups is 1. The van der Waals surface area contributed by atoms with Crippen molar-refractivity contribution in [2.75, 3.05) is 5.32 Å². The van der Waals surface area contributed by atoms with Gasteiger partial charge in [0.2, 0.25) is 5.76 Å². The number of hydrogen-bond donors (Lipinski definition) is 2. The van der Waals surface area contributed by atoms with Gasteiger partial charge in [0, 0.05) is 11.1 Å². The zero-order valence-corrected chi connectivity index (χ0v) is 17.0. The molecule has 2 aromatic carbocycles. The largest absolute Gasteiger partial charge is 0.465 e. The zero-order chi connectivity index (χ0) is 21.8. The molecule has 0 radical (unpaired) electrons. The van der Waals surface area contributed by atoms with Crippen molar-refractivity contribution in [1.82, 2.24) is 10.1 Å². The number of carboxylic acid groups (broad SMARTS) is 1. The third kappa shape index (κ3) is 4.35. The smallest absolute Gasteiger partial charge is 0.409 e. The molecule has 0 aliphatic rings. The lowest BCUT2D eigenvalue weighted by molar-refractivity contribution is 0.209. The van der Waals surface area contributed by atoms with Crippen molar-refractivity contribution in [1.29, 1.82) is 0 Å². The van der Waals surface area contributed by atoms with Gasteiger partial charge in [-0.05, 0) is 26.0 Å².